The minimum absolute atomic E-state index is 0.0437. The van der Waals surface area contributed by atoms with Crippen LogP contribution < -0.4 is 5.32 Å². The van der Waals surface area contributed by atoms with Crippen molar-refractivity contribution in [2.75, 3.05) is 5.32 Å². The lowest BCUT2D eigenvalue weighted by atomic mass is 10.1. The van der Waals surface area contributed by atoms with Crippen molar-refractivity contribution in [3.05, 3.63) is 57.6 Å². The molecule has 0 aliphatic carbocycles. The van der Waals surface area contributed by atoms with Gasteiger partial charge in [-0.25, -0.2) is 0 Å². The zero-order chi connectivity index (χ0) is 15.6. The molecule has 3 N–H and O–H groups in total. The molecule has 2 aromatic rings. The highest BCUT2D eigenvalue weighted by Crippen LogP contribution is 2.28. The molecule has 0 saturated heterocycles. The number of nitrogens with zero attached hydrogens (tertiary/aromatic N) is 1. The van der Waals surface area contributed by atoms with Crippen LogP contribution in [0.3, 0.4) is 0 Å². The molecule has 0 aromatic heterocycles. The van der Waals surface area contributed by atoms with Crippen molar-refractivity contribution in [3.63, 3.8) is 0 Å². The van der Waals surface area contributed by atoms with Crippen LogP contribution in [0.1, 0.15) is 15.9 Å². The van der Waals surface area contributed by atoms with Gasteiger partial charge < -0.3 is 15.5 Å². The largest absolute Gasteiger partial charge is 0.508 e. The Labute approximate surface area is 119 Å². The Morgan fingerprint density at radius 1 is 1.19 bits per heavy atom. The number of amides is 1. The number of hydrogen-bond donors (Lipinski definition) is 3. The van der Waals surface area contributed by atoms with Crippen LogP contribution in [0.15, 0.2) is 36.4 Å². The first-order valence-corrected chi connectivity index (χ1v) is 5.97. The summed E-state index contributed by atoms with van der Waals surface area (Å²) in [6, 6.07) is 7.64. The molecule has 0 radical (unpaired) electrons. The van der Waals surface area contributed by atoms with Crippen LogP contribution in [0.25, 0.3) is 0 Å². The molecule has 21 heavy (non-hydrogen) atoms. The van der Waals surface area contributed by atoms with E-state index in [1.807, 2.05) is 0 Å². The average Bonchev–Trinajstić information content (AvgIpc) is 2.40. The normalized spacial score (nSPS) is 10.1. The lowest BCUT2D eigenvalue weighted by molar-refractivity contribution is -0.384. The molecule has 0 aliphatic heterocycles. The highest BCUT2D eigenvalue weighted by molar-refractivity contribution is 6.06. The standard InChI is InChI=1S/C14H12N2O5/c1-8-6-10(17)3-4-11(8)14(19)15-12-5-2-9(16(20)21)7-13(12)18/h2-7,17-18H,1H3,(H,15,19). The van der Waals surface area contributed by atoms with Crippen LogP contribution in [-0.4, -0.2) is 21.0 Å². The van der Waals surface area contributed by atoms with Crippen LogP contribution in [-0.2, 0) is 0 Å². The number of aromatic hydroxyl groups is 2. The molecule has 7 nitrogen and oxygen atoms in total. The number of aryl methyl sites for hydroxylation is 1. The predicted molar refractivity (Wildman–Crippen MR) is 75.6 cm³/mol. The Balaban J connectivity index is 2.25. The summed E-state index contributed by atoms with van der Waals surface area (Å²) < 4.78 is 0. The van der Waals surface area contributed by atoms with E-state index in [0.717, 1.165) is 6.07 Å². The minimum atomic E-state index is -0.643. The van der Waals surface area contributed by atoms with Gasteiger partial charge in [0.25, 0.3) is 11.6 Å². The summed E-state index contributed by atoms with van der Waals surface area (Å²) in [6.45, 7) is 1.66. The second-order valence-electron chi connectivity index (χ2n) is 4.41. The van der Waals surface area contributed by atoms with E-state index in [0.29, 0.717) is 11.1 Å². The number of phenolic OH excluding ortho intramolecular Hbond substituents is 2. The SMILES string of the molecule is Cc1cc(O)ccc1C(=O)Nc1ccc([N+](=O)[O-])cc1O. The molecular formula is C14H12N2O5. The van der Waals surface area contributed by atoms with Crippen molar-refractivity contribution < 1.29 is 19.9 Å². The van der Waals surface area contributed by atoms with Gasteiger partial charge in [0, 0.05) is 11.6 Å². The fourth-order valence-corrected chi connectivity index (χ4v) is 1.83. The summed E-state index contributed by atoms with van der Waals surface area (Å²) in [7, 11) is 0. The molecule has 0 spiro atoms. The number of carbonyl (C=O) groups is 1. The Kier molecular flexibility index (Phi) is 3.75. The van der Waals surface area contributed by atoms with E-state index in [4.69, 9.17) is 0 Å². The van der Waals surface area contributed by atoms with E-state index in [-0.39, 0.29) is 17.1 Å². The summed E-state index contributed by atoms with van der Waals surface area (Å²) in [6.07, 6.45) is 0. The molecule has 108 valence electrons. The third-order valence-electron chi connectivity index (χ3n) is 2.89. The third kappa shape index (κ3) is 3.08. The highest BCUT2D eigenvalue weighted by atomic mass is 16.6. The van der Waals surface area contributed by atoms with Crippen molar-refractivity contribution in [1.29, 1.82) is 0 Å². The summed E-state index contributed by atoms with van der Waals surface area (Å²) in [5.41, 5.74) is 0.684. The number of anilines is 1. The maximum atomic E-state index is 12.1. The zero-order valence-corrected chi connectivity index (χ0v) is 11.0. The lowest BCUT2D eigenvalue weighted by Crippen LogP contribution is -2.13. The van der Waals surface area contributed by atoms with Gasteiger partial charge in [0.2, 0.25) is 0 Å². The topological polar surface area (TPSA) is 113 Å². The number of rotatable bonds is 3. The monoisotopic (exact) mass is 288 g/mol. The van der Waals surface area contributed by atoms with Crippen molar-refractivity contribution in [3.8, 4) is 11.5 Å². The predicted octanol–water partition coefficient (Wildman–Crippen LogP) is 2.57. The molecule has 0 fully saturated rings. The maximum Gasteiger partial charge on any atom is 0.273 e. The van der Waals surface area contributed by atoms with Gasteiger partial charge in [-0.3, -0.25) is 14.9 Å². The molecule has 2 rings (SSSR count). The summed E-state index contributed by atoms with van der Waals surface area (Å²) in [5.74, 6) is -0.840. The van der Waals surface area contributed by atoms with Crippen LogP contribution in [0, 0.1) is 17.0 Å². The molecule has 0 atom stereocenters. The van der Waals surface area contributed by atoms with Crippen LogP contribution in [0.4, 0.5) is 11.4 Å². The number of nitro benzene ring substituents is 1. The van der Waals surface area contributed by atoms with Crippen molar-refractivity contribution in [2.45, 2.75) is 6.92 Å². The summed E-state index contributed by atoms with van der Waals surface area (Å²) in [4.78, 5) is 22.0. The maximum absolute atomic E-state index is 12.1. The van der Waals surface area contributed by atoms with Gasteiger partial charge in [-0.05, 0) is 36.8 Å². The fraction of sp³-hybridized carbons (Fsp3) is 0.0714. The number of hydrogen-bond acceptors (Lipinski definition) is 5. The molecule has 0 saturated carbocycles. The Bertz CT molecular complexity index is 727. The van der Waals surface area contributed by atoms with Crippen LogP contribution in [0.5, 0.6) is 11.5 Å². The molecular weight excluding hydrogens is 276 g/mol. The molecule has 0 heterocycles. The first-order chi connectivity index (χ1) is 9.88. The van der Waals surface area contributed by atoms with Gasteiger partial charge in [0.15, 0.2) is 0 Å². The van der Waals surface area contributed by atoms with E-state index < -0.39 is 16.6 Å². The second-order valence-corrected chi connectivity index (χ2v) is 4.41. The molecule has 2 aromatic carbocycles. The van der Waals surface area contributed by atoms with E-state index in [2.05, 4.69) is 5.32 Å². The number of phenols is 2. The third-order valence-corrected chi connectivity index (χ3v) is 2.89. The minimum Gasteiger partial charge on any atom is -0.508 e. The number of benzene rings is 2. The average molecular weight is 288 g/mol. The number of carbonyl (C=O) groups excluding carboxylic acids is 1. The Morgan fingerprint density at radius 2 is 1.90 bits per heavy atom. The smallest absolute Gasteiger partial charge is 0.273 e. The Morgan fingerprint density at radius 3 is 2.48 bits per heavy atom. The molecule has 0 bridgehead atoms. The summed E-state index contributed by atoms with van der Waals surface area (Å²) >= 11 is 0. The zero-order valence-electron chi connectivity index (χ0n) is 11.0. The number of nitro groups is 1. The lowest BCUT2D eigenvalue weighted by Gasteiger charge is -2.09. The van der Waals surface area contributed by atoms with E-state index >= 15 is 0 Å². The van der Waals surface area contributed by atoms with Gasteiger partial charge in [-0.2, -0.15) is 0 Å². The van der Waals surface area contributed by atoms with Gasteiger partial charge in [-0.1, -0.05) is 0 Å². The molecule has 1 amide bonds. The van der Waals surface area contributed by atoms with Crippen molar-refractivity contribution in [2.24, 2.45) is 0 Å². The number of nitrogens with one attached hydrogen (secondary N) is 1. The molecule has 7 heteroatoms. The van der Waals surface area contributed by atoms with Crippen LogP contribution >= 0.6 is 0 Å². The van der Waals surface area contributed by atoms with E-state index in [9.17, 15) is 25.1 Å². The van der Waals surface area contributed by atoms with E-state index in [1.54, 1.807) is 6.92 Å². The molecule has 0 unspecified atom stereocenters. The second kappa shape index (κ2) is 5.49. The van der Waals surface area contributed by atoms with Gasteiger partial charge in [0.1, 0.15) is 11.5 Å². The van der Waals surface area contributed by atoms with Crippen molar-refractivity contribution >= 4 is 17.3 Å². The first kappa shape index (κ1) is 14.3. The van der Waals surface area contributed by atoms with Crippen LogP contribution in [0.2, 0.25) is 0 Å². The van der Waals surface area contributed by atoms with Gasteiger partial charge in [-0.15, -0.1) is 0 Å². The van der Waals surface area contributed by atoms with E-state index in [1.165, 1.54) is 30.3 Å². The quantitative estimate of drug-likeness (QED) is 0.456. The first-order valence-electron chi connectivity index (χ1n) is 5.97. The van der Waals surface area contributed by atoms with Gasteiger partial charge >= 0.3 is 0 Å². The Hall–Kier alpha value is -3.09. The highest BCUT2D eigenvalue weighted by Gasteiger charge is 2.14. The number of non-ortho nitro benzene ring substituents is 1. The fourth-order valence-electron chi connectivity index (χ4n) is 1.83. The van der Waals surface area contributed by atoms with Crippen molar-refractivity contribution in [1.82, 2.24) is 0 Å². The summed E-state index contributed by atoms with van der Waals surface area (Å²) in [5, 5.41) is 32.0. The van der Waals surface area contributed by atoms with Gasteiger partial charge in [0.05, 0.1) is 16.7 Å². The molecule has 0 aliphatic rings.